The molecule has 21 heavy (non-hydrogen) atoms. The van der Waals surface area contributed by atoms with Gasteiger partial charge < -0.3 is 15.4 Å². The molecule has 0 aliphatic heterocycles. The molecule has 2 rings (SSSR count). The molecule has 0 spiro atoms. The summed E-state index contributed by atoms with van der Waals surface area (Å²) in [6.07, 6.45) is 5.05. The Morgan fingerprint density at radius 2 is 2.00 bits per heavy atom. The zero-order chi connectivity index (χ0) is 15.1. The van der Waals surface area contributed by atoms with Crippen molar-refractivity contribution in [3.05, 3.63) is 35.4 Å². The Hall–Kier alpha value is -0.900. The van der Waals surface area contributed by atoms with Crippen molar-refractivity contribution in [1.82, 2.24) is 4.90 Å². The minimum Gasteiger partial charge on any atom is -0.380 e. The minimum absolute atomic E-state index is 0.0779. The molecule has 1 aliphatic rings. The predicted molar refractivity (Wildman–Crippen MR) is 88.4 cm³/mol. The maximum absolute atomic E-state index is 6.30. The van der Waals surface area contributed by atoms with Crippen LogP contribution in [-0.4, -0.2) is 38.3 Å². The number of hydrogen-bond acceptors (Lipinski definition) is 3. The van der Waals surface area contributed by atoms with E-state index in [9.17, 15) is 0 Å². The Balaban J connectivity index is 1.67. The molecule has 0 aromatic heterocycles. The molecule has 2 N–H and O–H groups in total. The average Bonchev–Trinajstić information content (AvgIpc) is 3.29. The fourth-order valence-electron chi connectivity index (χ4n) is 2.51. The molecule has 3 nitrogen and oxygen atoms in total. The summed E-state index contributed by atoms with van der Waals surface area (Å²) in [6.45, 7) is 5.79. The van der Waals surface area contributed by atoms with Gasteiger partial charge in [-0.25, -0.2) is 0 Å². The lowest BCUT2D eigenvalue weighted by molar-refractivity contribution is 0.102. The largest absolute Gasteiger partial charge is 0.380 e. The predicted octanol–water partition coefficient (Wildman–Crippen LogP) is 3.00. The van der Waals surface area contributed by atoms with E-state index in [2.05, 4.69) is 43.1 Å². The first-order valence-electron chi connectivity index (χ1n) is 8.29. The highest BCUT2D eigenvalue weighted by Crippen LogP contribution is 2.28. The monoisotopic (exact) mass is 290 g/mol. The summed E-state index contributed by atoms with van der Waals surface area (Å²) in [7, 11) is 2.12. The van der Waals surface area contributed by atoms with Gasteiger partial charge in [-0.1, -0.05) is 37.6 Å². The highest BCUT2D eigenvalue weighted by atomic mass is 16.5. The SMILES string of the molecule is CCCc1ccc(C(N)CN(C)CCOCC2CC2)cc1. The second-order valence-corrected chi connectivity index (χ2v) is 6.38. The van der Waals surface area contributed by atoms with Crippen LogP contribution in [0.15, 0.2) is 24.3 Å². The van der Waals surface area contributed by atoms with Crippen LogP contribution in [-0.2, 0) is 11.2 Å². The topological polar surface area (TPSA) is 38.5 Å². The van der Waals surface area contributed by atoms with Gasteiger partial charge in [-0.05, 0) is 43.4 Å². The van der Waals surface area contributed by atoms with E-state index < -0.39 is 0 Å². The summed E-state index contributed by atoms with van der Waals surface area (Å²) in [5, 5.41) is 0. The molecular weight excluding hydrogens is 260 g/mol. The minimum atomic E-state index is 0.0779. The molecule has 0 amide bonds. The van der Waals surface area contributed by atoms with Crippen LogP contribution in [0.1, 0.15) is 43.4 Å². The van der Waals surface area contributed by atoms with E-state index in [1.54, 1.807) is 0 Å². The number of nitrogens with two attached hydrogens (primary N) is 1. The quantitative estimate of drug-likeness (QED) is 0.673. The smallest absolute Gasteiger partial charge is 0.0593 e. The Kier molecular flexibility index (Phi) is 6.68. The van der Waals surface area contributed by atoms with Gasteiger partial charge in [-0.15, -0.1) is 0 Å². The molecular formula is C18H30N2O. The molecule has 0 saturated heterocycles. The van der Waals surface area contributed by atoms with E-state index >= 15 is 0 Å². The Bertz CT molecular complexity index is 400. The van der Waals surface area contributed by atoms with Gasteiger partial charge in [0.2, 0.25) is 0 Å². The summed E-state index contributed by atoms with van der Waals surface area (Å²) >= 11 is 0. The van der Waals surface area contributed by atoms with E-state index in [-0.39, 0.29) is 6.04 Å². The molecule has 1 atom stereocenters. The van der Waals surface area contributed by atoms with Gasteiger partial charge in [0.25, 0.3) is 0 Å². The van der Waals surface area contributed by atoms with Crippen molar-refractivity contribution >= 4 is 0 Å². The van der Waals surface area contributed by atoms with Crippen LogP contribution < -0.4 is 5.73 Å². The fraction of sp³-hybridized carbons (Fsp3) is 0.667. The van der Waals surface area contributed by atoms with Crippen molar-refractivity contribution in [3.8, 4) is 0 Å². The van der Waals surface area contributed by atoms with E-state index in [4.69, 9.17) is 10.5 Å². The third kappa shape index (κ3) is 6.16. The zero-order valence-corrected chi connectivity index (χ0v) is 13.6. The lowest BCUT2D eigenvalue weighted by atomic mass is 10.0. The first kappa shape index (κ1) is 16.5. The average molecular weight is 290 g/mol. The molecule has 0 heterocycles. The van der Waals surface area contributed by atoms with E-state index in [0.717, 1.165) is 38.6 Å². The van der Waals surface area contributed by atoms with E-state index in [1.807, 2.05) is 0 Å². The molecule has 1 aliphatic carbocycles. The van der Waals surface area contributed by atoms with E-state index in [1.165, 1.54) is 30.4 Å². The summed E-state index contributed by atoms with van der Waals surface area (Å²) in [5.41, 5.74) is 8.92. The number of rotatable bonds is 10. The number of likely N-dealkylation sites (N-methyl/N-ethyl adjacent to an activating group) is 1. The highest BCUT2D eigenvalue weighted by Gasteiger charge is 2.21. The second kappa shape index (κ2) is 8.52. The number of ether oxygens (including phenoxy) is 1. The molecule has 3 heteroatoms. The van der Waals surface area contributed by atoms with Crippen molar-refractivity contribution in [2.45, 2.75) is 38.6 Å². The van der Waals surface area contributed by atoms with Crippen molar-refractivity contribution in [2.24, 2.45) is 11.7 Å². The number of nitrogens with zero attached hydrogens (tertiary/aromatic N) is 1. The summed E-state index contributed by atoms with van der Waals surface area (Å²) in [4.78, 5) is 2.26. The number of hydrogen-bond donors (Lipinski definition) is 1. The highest BCUT2D eigenvalue weighted by molar-refractivity contribution is 5.25. The van der Waals surface area contributed by atoms with Crippen LogP contribution in [0, 0.1) is 5.92 Å². The second-order valence-electron chi connectivity index (χ2n) is 6.38. The third-order valence-electron chi connectivity index (χ3n) is 4.12. The summed E-state index contributed by atoms with van der Waals surface area (Å²) in [5.74, 6) is 0.846. The first-order chi connectivity index (χ1) is 10.2. The Morgan fingerprint density at radius 1 is 1.29 bits per heavy atom. The molecule has 1 aromatic carbocycles. The van der Waals surface area contributed by atoms with Gasteiger partial charge in [0.05, 0.1) is 6.61 Å². The first-order valence-corrected chi connectivity index (χ1v) is 8.29. The van der Waals surface area contributed by atoms with Gasteiger partial charge in [0.15, 0.2) is 0 Å². The van der Waals surface area contributed by atoms with Crippen LogP contribution in [0.3, 0.4) is 0 Å². The molecule has 118 valence electrons. The van der Waals surface area contributed by atoms with Gasteiger partial charge in [-0.2, -0.15) is 0 Å². The van der Waals surface area contributed by atoms with Crippen LogP contribution in [0.5, 0.6) is 0 Å². The standard InChI is InChI=1S/C18H30N2O/c1-3-4-15-7-9-17(10-8-15)18(19)13-20(2)11-12-21-14-16-5-6-16/h7-10,16,18H,3-6,11-14,19H2,1-2H3. The van der Waals surface area contributed by atoms with Crippen molar-refractivity contribution in [2.75, 3.05) is 33.4 Å². The van der Waals surface area contributed by atoms with Gasteiger partial charge in [-0.3, -0.25) is 0 Å². The lowest BCUT2D eigenvalue weighted by Gasteiger charge is -2.21. The van der Waals surface area contributed by atoms with Crippen LogP contribution in [0.4, 0.5) is 0 Å². The van der Waals surface area contributed by atoms with Crippen molar-refractivity contribution in [1.29, 1.82) is 0 Å². The van der Waals surface area contributed by atoms with Gasteiger partial charge in [0.1, 0.15) is 0 Å². The Labute approximate surface area is 129 Å². The molecule has 0 bridgehead atoms. The summed E-state index contributed by atoms with van der Waals surface area (Å²) in [6, 6.07) is 8.84. The molecule has 1 fully saturated rings. The third-order valence-corrected chi connectivity index (χ3v) is 4.12. The van der Waals surface area contributed by atoms with E-state index in [0.29, 0.717) is 0 Å². The van der Waals surface area contributed by atoms with Crippen molar-refractivity contribution < 1.29 is 4.74 Å². The van der Waals surface area contributed by atoms with Crippen LogP contribution in [0.25, 0.3) is 0 Å². The lowest BCUT2D eigenvalue weighted by Crippen LogP contribution is -2.31. The molecule has 1 saturated carbocycles. The Morgan fingerprint density at radius 3 is 2.62 bits per heavy atom. The molecule has 1 unspecified atom stereocenters. The maximum atomic E-state index is 6.30. The van der Waals surface area contributed by atoms with Crippen molar-refractivity contribution in [3.63, 3.8) is 0 Å². The van der Waals surface area contributed by atoms with Crippen LogP contribution >= 0.6 is 0 Å². The zero-order valence-electron chi connectivity index (χ0n) is 13.6. The van der Waals surface area contributed by atoms with Gasteiger partial charge in [0, 0.05) is 25.7 Å². The maximum Gasteiger partial charge on any atom is 0.0593 e. The van der Waals surface area contributed by atoms with Crippen LogP contribution in [0.2, 0.25) is 0 Å². The molecule has 0 radical (unpaired) electrons. The molecule has 1 aromatic rings. The fourth-order valence-corrected chi connectivity index (χ4v) is 2.51. The summed E-state index contributed by atoms with van der Waals surface area (Å²) < 4.78 is 5.68. The normalized spacial score (nSPS) is 16.4. The number of aryl methyl sites for hydroxylation is 1. The number of benzene rings is 1. The van der Waals surface area contributed by atoms with Gasteiger partial charge >= 0.3 is 0 Å².